The minimum absolute atomic E-state index is 0.648. The molecule has 15 heavy (non-hydrogen) atoms. The van der Waals surface area contributed by atoms with Crippen LogP contribution in [0, 0.1) is 5.92 Å². The average molecular weight is 246 g/mol. The molecule has 0 bridgehead atoms. The van der Waals surface area contributed by atoms with Crippen molar-refractivity contribution in [3.8, 4) is 0 Å². The van der Waals surface area contributed by atoms with Crippen LogP contribution in [-0.2, 0) is 0 Å². The van der Waals surface area contributed by atoms with Crippen molar-refractivity contribution in [2.75, 3.05) is 24.3 Å². The molecule has 1 rings (SSSR count). The van der Waals surface area contributed by atoms with Crippen LogP contribution in [0.25, 0.3) is 0 Å². The van der Waals surface area contributed by atoms with Crippen LogP contribution >= 0.6 is 23.5 Å². The van der Waals surface area contributed by atoms with E-state index in [1.54, 1.807) is 0 Å². The molecule has 0 aromatic rings. The first kappa shape index (κ1) is 13.2. The van der Waals surface area contributed by atoms with Crippen LogP contribution in [-0.4, -0.2) is 35.5 Å². The summed E-state index contributed by atoms with van der Waals surface area (Å²) in [5.74, 6) is 3.19. The summed E-state index contributed by atoms with van der Waals surface area (Å²) in [4.78, 5) is 4.57. The Morgan fingerprint density at radius 1 is 1.60 bits per heavy atom. The van der Waals surface area contributed by atoms with Crippen LogP contribution < -0.4 is 5.32 Å². The molecule has 1 heterocycles. The summed E-state index contributed by atoms with van der Waals surface area (Å²) in [6.07, 6.45) is 4.60. The highest BCUT2D eigenvalue weighted by atomic mass is 32.2. The van der Waals surface area contributed by atoms with E-state index in [4.69, 9.17) is 0 Å². The summed E-state index contributed by atoms with van der Waals surface area (Å²) in [5.41, 5.74) is 0. The van der Waals surface area contributed by atoms with Crippen molar-refractivity contribution in [2.24, 2.45) is 10.9 Å². The van der Waals surface area contributed by atoms with Gasteiger partial charge in [0.2, 0.25) is 0 Å². The van der Waals surface area contributed by atoms with Gasteiger partial charge in [-0.05, 0) is 30.8 Å². The minimum atomic E-state index is 0.648. The highest BCUT2D eigenvalue weighted by molar-refractivity contribution is 8.14. The van der Waals surface area contributed by atoms with Crippen LogP contribution in [0.5, 0.6) is 0 Å². The number of hydrogen-bond donors (Lipinski definition) is 1. The number of rotatable bonds is 6. The lowest BCUT2D eigenvalue weighted by Gasteiger charge is -2.11. The predicted molar refractivity (Wildman–Crippen MR) is 74.1 cm³/mol. The molecule has 88 valence electrons. The topological polar surface area (TPSA) is 24.4 Å². The number of amidine groups is 1. The quantitative estimate of drug-likeness (QED) is 0.729. The van der Waals surface area contributed by atoms with Gasteiger partial charge >= 0.3 is 0 Å². The van der Waals surface area contributed by atoms with Gasteiger partial charge in [-0.1, -0.05) is 25.6 Å². The van der Waals surface area contributed by atoms with E-state index in [9.17, 15) is 0 Å². The first-order valence-corrected chi connectivity index (χ1v) is 8.03. The van der Waals surface area contributed by atoms with Gasteiger partial charge in [0.1, 0.15) is 0 Å². The van der Waals surface area contributed by atoms with E-state index in [0.29, 0.717) is 6.04 Å². The van der Waals surface area contributed by atoms with Gasteiger partial charge in [0, 0.05) is 18.3 Å². The smallest absolute Gasteiger partial charge is 0.156 e. The van der Waals surface area contributed by atoms with E-state index in [0.717, 1.165) is 12.5 Å². The Labute approximate surface area is 102 Å². The summed E-state index contributed by atoms with van der Waals surface area (Å²) in [6, 6.07) is 0.648. The summed E-state index contributed by atoms with van der Waals surface area (Å²) in [7, 11) is 0. The van der Waals surface area contributed by atoms with Crippen molar-refractivity contribution in [2.45, 2.75) is 32.7 Å². The van der Waals surface area contributed by atoms with Gasteiger partial charge in [-0.15, -0.1) is 0 Å². The largest absolute Gasteiger partial charge is 0.361 e. The van der Waals surface area contributed by atoms with Gasteiger partial charge in [0.15, 0.2) is 5.17 Å². The summed E-state index contributed by atoms with van der Waals surface area (Å²) < 4.78 is 0. The molecular weight excluding hydrogens is 224 g/mol. The number of nitrogens with zero attached hydrogens (tertiary/aromatic N) is 1. The molecule has 0 spiro atoms. The van der Waals surface area contributed by atoms with Gasteiger partial charge in [-0.2, -0.15) is 11.8 Å². The molecule has 0 aromatic heterocycles. The molecule has 1 aliphatic rings. The normalized spacial score (nSPS) is 23.7. The van der Waals surface area contributed by atoms with E-state index >= 15 is 0 Å². The highest BCUT2D eigenvalue weighted by Gasteiger charge is 2.20. The number of nitrogens with one attached hydrogen (secondary N) is 1. The number of aliphatic imine (C=N–C) groups is 1. The van der Waals surface area contributed by atoms with Gasteiger partial charge in [0.25, 0.3) is 0 Å². The Morgan fingerprint density at radius 3 is 3.07 bits per heavy atom. The van der Waals surface area contributed by atoms with E-state index < -0.39 is 0 Å². The van der Waals surface area contributed by atoms with Crippen molar-refractivity contribution >= 4 is 28.7 Å². The Hall–Kier alpha value is 0.170. The fourth-order valence-corrected chi connectivity index (χ4v) is 3.04. The summed E-state index contributed by atoms with van der Waals surface area (Å²) >= 11 is 3.78. The van der Waals surface area contributed by atoms with Gasteiger partial charge in [-0.25, -0.2) is 0 Å². The van der Waals surface area contributed by atoms with Crippen molar-refractivity contribution in [1.29, 1.82) is 0 Å². The zero-order valence-corrected chi connectivity index (χ0v) is 11.6. The Morgan fingerprint density at radius 2 is 2.40 bits per heavy atom. The van der Waals surface area contributed by atoms with Gasteiger partial charge in [0.05, 0.1) is 0 Å². The molecule has 1 atom stereocenters. The van der Waals surface area contributed by atoms with Crippen LogP contribution in [0.4, 0.5) is 0 Å². The first-order valence-electron chi connectivity index (χ1n) is 5.65. The van der Waals surface area contributed by atoms with Gasteiger partial charge in [-0.3, -0.25) is 4.99 Å². The zero-order chi connectivity index (χ0) is 11.1. The molecule has 2 nitrogen and oxygen atoms in total. The second-order valence-electron chi connectivity index (χ2n) is 4.32. The van der Waals surface area contributed by atoms with E-state index in [1.165, 1.54) is 29.5 Å². The molecule has 0 amide bonds. The van der Waals surface area contributed by atoms with Crippen molar-refractivity contribution in [3.05, 3.63) is 0 Å². The Bertz CT molecular complexity index is 205. The molecular formula is C11H22N2S2. The summed E-state index contributed by atoms with van der Waals surface area (Å²) in [5, 5.41) is 4.67. The monoisotopic (exact) mass is 246 g/mol. The predicted octanol–water partition coefficient (Wildman–Crippen LogP) is 2.85. The molecule has 0 saturated carbocycles. The molecule has 1 fully saturated rings. The molecule has 4 heteroatoms. The maximum atomic E-state index is 4.57. The van der Waals surface area contributed by atoms with Crippen LogP contribution in [0.3, 0.4) is 0 Å². The standard InChI is InChI=1S/C11H22N2S2/c1-9(2)7-10-8-15-11(13-10)12-5-4-6-14-3/h9-10H,4-8H2,1-3H3,(H,12,13). The second kappa shape index (κ2) is 7.44. The van der Waals surface area contributed by atoms with Gasteiger partial charge < -0.3 is 5.32 Å². The highest BCUT2D eigenvalue weighted by Crippen LogP contribution is 2.18. The minimum Gasteiger partial charge on any atom is -0.361 e. The maximum absolute atomic E-state index is 4.57. The van der Waals surface area contributed by atoms with Crippen LogP contribution in [0.2, 0.25) is 0 Å². The molecule has 0 radical (unpaired) electrons. The first-order chi connectivity index (χ1) is 7.22. The lowest BCUT2D eigenvalue weighted by atomic mass is 10.1. The Balaban J connectivity index is 2.17. The second-order valence-corrected chi connectivity index (χ2v) is 6.31. The lowest BCUT2D eigenvalue weighted by molar-refractivity contribution is 0.502. The molecule has 0 aliphatic carbocycles. The SMILES string of the molecule is CSCCCN=C1NC(CC(C)C)CS1. The molecule has 1 N–H and O–H groups in total. The average Bonchev–Trinajstić information content (AvgIpc) is 2.59. The van der Waals surface area contributed by atoms with Crippen molar-refractivity contribution in [1.82, 2.24) is 5.32 Å². The third-order valence-corrected chi connectivity index (χ3v) is 4.05. The van der Waals surface area contributed by atoms with E-state index in [1.807, 2.05) is 23.5 Å². The lowest BCUT2D eigenvalue weighted by Crippen LogP contribution is -2.28. The third-order valence-electron chi connectivity index (χ3n) is 2.27. The molecule has 1 unspecified atom stereocenters. The number of thioether (sulfide) groups is 2. The van der Waals surface area contributed by atoms with Crippen molar-refractivity contribution in [3.63, 3.8) is 0 Å². The van der Waals surface area contributed by atoms with Crippen LogP contribution in [0.15, 0.2) is 4.99 Å². The zero-order valence-electron chi connectivity index (χ0n) is 9.95. The molecule has 0 aromatic carbocycles. The number of hydrogen-bond acceptors (Lipinski definition) is 3. The molecule has 1 saturated heterocycles. The van der Waals surface area contributed by atoms with Crippen LogP contribution in [0.1, 0.15) is 26.7 Å². The fraction of sp³-hybridized carbons (Fsp3) is 0.909. The third kappa shape index (κ3) is 5.71. The summed E-state index contributed by atoms with van der Waals surface area (Å²) in [6.45, 7) is 5.53. The Kier molecular flexibility index (Phi) is 6.57. The van der Waals surface area contributed by atoms with E-state index in [2.05, 4.69) is 30.4 Å². The maximum Gasteiger partial charge on any atom is 0.156 e. The van der Waals surface area contributed by atoms with Crippen molar-refractivity contribution < 1.29 is 0 Å². The van der Waals surface area contributed by atoms with E-state index in [-0.39, 0.29) is 0 Å². The molecule has 1 aliphatic heterocycles. The fourth-order valence-electron chi connectivity index (χ4n) is 1.61.